The molecule has 4 amide bonds. The fourth-order valence-electron chi connectivity index (χ4n) is 5.41. The average molecular weight is 668 g/mol. The first-order valence-electron chi connectivity index (χ1n) is 16.1. The zero-order valence-corrected chi connectivity index (χ0v) is 28.4. The predicted molar refractivity (Wildman–Crippen MR) is 172 cm³/mol. The van der Waals surface area contributed by atoms with Crippen molar-refractivity contribution in [2.75, 3.05) is 33.9 Å². The Kier molecular flexibility index (Phi) is 12.5. The van der Waals surface area contributed by atoms with E-state index in [4.69, 9.17) is 19.1 Å². The highest BCUT2D eigenvalue weighted by Crippen LogP contribution is 2.28. The molecule has 3 aromatic rings. The van der Waals surface area contributed by atoms with Gasteiger partial charge in [0.25, 0.3) is 5.91 Å². The van der Waals surface area contributed by atoms with E-state index in [9.17, 15) is 19.2 Å². The van der Waals surface area contributed by atoms with Crippen molar-refractivity contribution in [3.63, 3.8) is 0 Å². The largest absolute Gasteiger partial charge is 0.493 e. The number of nitrogens with zero attached hydrogens (tertiary/aromatic N) is 6. The van der Waals surface area contributed by atoms with Gasteiger partial charge in [0.1, 0.15) is 24.1 Å². The minimum atomic E-state index is -0.809. The van der Waals surface area contributed by atoms with Gasteiger partial charge in [-0.1, -0.05) is 31.5 Å². The maximum absolute atomic E-state index is 13.6. The third-order valence-corrected chi connectivity index (χ3v) is 8.31. The maximum atomic E-state index is 13.6. The molecule has 1 aliphatic rings. The fraction of sp³-hybridized carbons (Fsp3) is 0.562. The first-order chi connectivity index (χ1) is 23.0. The molecule has 0 spiro atoms. The van der Waals surface area contributed by atoms with Gasteiger partial charge in [-0.05, 0) is 55.5 Å². The van der Waals surface area contributed by atoms with Crippen molar-refractivity contribution in [1.29, 1.82) is 0 Å². The van der Waals surface area contributed by atoms with E-state index in [1.807, 2.05) is 26.0 Å². The molecule has 0 saturated heterocycles. The molecule has 0 saturated carbocycles. The standard InChI is InChI=1S/C32H45N9O7/c1-7-19(2)28-31(44)34-21(4)30-35-25(17-22-11-12-23(46-5)24(16-22)47-6)37-41(30)18-27(43)33-13-9-15-40(14-8-10-26(42)36-28)32(45)29-20(3)38-48-39-29/h11-12,16,19,21,28H,7-10,13-15,17-18H2,1-6H3,(H,33,43)(H,34,44)(H,36,42)/t19-,21+,28-/m0/s1. The van der Waals surface area contributed by atoms with Gasteiger partial charge < -0.3 is 30.3 Å². The van der Waals surface area contributed by atoms with Gasteiger partial charge in [-0.2, -0.15) is 5.10 Å². The van der Waals surface area contributed by atoms with Crippen LogP contribution in [0.25, 0.3) is 0 Å². The van der Waals surface area contributed by atoms with Crippen molar-refractivity contribution in [1.82, 2.24) is 45.9 Å². The summed E-state index contributed by atoms with van der Waals surface area (Å²) in [5.41, 5.74) is 1.31. The van der Waals surface area contributed by atoms with Crippen molar-refractivity contribution in [2.45, 2.75) is 78.4 Å². The van der Waals surface area contributed by atoms with Crippen LogP contribution in [0.5, 0.6) is 11.5 Å². The molecule has 0 aliphatic carbocycles. The number of carbonyl (C=O) groups is 4. The number of aromatic nitrogens is 5. The van der Waals surface area contributed by atoms with E-state index >= 15 is 0 Å². The van der Waals surface area contributed by atoms with Crippen LogP contribution in [0.2, 0.25) is 0 Å². The highest BCUT2D eigenvalue weighted by atomic mass is 16.6. The van der Waals surface area contributed by atoms with Crippen LogP contribution in [-0.4, -0.2) is 93.5 Å². The predicted octanol–water partition coefficient (Wildman–Crippen LogP) is 1.73. The number of benzene rings is 1. The van der Waals surface area contributed by atoms with Crippen LogP contribution in [-0.2, 0) is 27.3 Å². The molecule has 3 N–H and O–H groups in total. The molecule has 0 radical (unpaired) electrons. The minimum absolute atomic E-state index is 0.0934. The van der Waals surface area contributed by atoms with Crippen molar-refractivity contribution in [2.24, 2.45) is 5.92 Å². The van der Waals surface area contributed by atoms with Crippen LogP contribution in [0.1, 0.15) is 85.9 Å². The van der Waals surface area contributed by atoms with E-state index in [1.54, 1.807) is 39.0 Å². The van der Waals surface area contributed by atoms with Gasteiger partial charge in [0, 0.05) is 32.5 Å². The quantitative estimate of drug-likeness (QED) is 0.332. The van der Waals surface area contributed by atoms with Crippen LogP contribution >= 0.6 is 0 Å². The molecule has 16 heteroatoms. The summed E-state index contributed by atoms with van der Waals surface area (Å²) in [5, 5.41) is 20.8. The lowest BCUT2D eigenvalue weighted by Gasteiger charge is -2.26. The number of rotatable bonds is 7. The number of methoxy groups -OCH3 is 2. The first-order valence-corrected chi connectivity index (χ1v) is 16.1. The number of ether oxygens (including phenoxy) is 2. The lowest BCUT2D eigenvalue weighted by Crippen LogP contribution is -2.51. The smallest absolute Gasteiger partial charge is 0.278 e. The molecule has 48 heavy (non-hydrogen) atoms. The number of amides is 4. The molecule has 0 unspecified atom stereocenters. The molecule has 1 aromatic carbocycles. The molecule has 3 heterocycles. The molecule has 3 atom stereocenters. The third kappa shape index (κ3) is 9.07. The van der Waals surface area contributed by atoms with Crippen LogP contribution in [0, 0.1) is 12.8 Å². The Labute approximate surface area is 279 Å². The highest BCUT2D eigenvalue weighted by Gasteiger charge is 2.29. The molecule has 16 nitrogen and oxygen atoms in total. The van der Waals surface area contributed by atoms with E-state index in [2.05, 4.69) is 31.4 Å². The van der Waals surface area contributed by atoms with Gasteiger partial charge in [0.15, 0.2) is 23.0 Å². The third-order valence-electron chi connectivity index (χ3n) is 8.31. The zero-order chi connectivity index (χ0) is 34.8. The Hall–Kier alpha value is -5.02. The molecule has 4 rings (SSSR count). The average Bonchev–Trinajstić information content (AvgIpc) is 3.68. The van der Waals surface area contributed by atoms with E-state index in [0.717, 1.165) is 5.56 Å². The van der Waals surface area contributed by atoms with Gasteiger partial charge in [0.05, 0.1) is 20.3 Å². The molecular weight excluding hydrogens is 622 g/mol. The van der Waals surface area contributed by atoms with Gasteiger partial charge >= 0.3 is 0 Å². The van der Waals surface area contributed by atoms with E-state index in [1.165, 1.54) is 4.68 Å². The molecule has 2 aromatic heterocycles. The normalized spacial score (nSPS) is 19.2. The maximum Gasteiger partial charge on any atom is 0.278 e. The fourth-order valence-corrected chi connectivity index (χ4v) is 5.41. The van der Waals surface area contributed by atoms with Crippen molar-refractivity contribution >= 4 is 23.6 Å². The van der Waals surface area contributed by atoms with Crippen molar-refractivity contribution < 1.29 is 33.3 Å². The van der Waals surface area contributed by atoms with Gasteiger partial charge in [-0.25, -0.2) is 14.3 Å². The van der Waals surface area contributed by atoms with Crippen LogP contribution in [0.3, 0.4) is 0 Å². The summed E-state index contributed by atoms with van der Waals surface area (Å²) in [7, 11) is 3.12. The van der Waals surface area contributed by atoms with Crippen LogP contribution in [0.15, 0.2) is 22.8 Å². The monoisotopic (exact) mass is 667 g/mol. The second-order valence-corrected chi connectivity index (χ2v) is 11.9. The molecule has 0 fully saturated rings. The molecule has 1 aliphatic heterocycles. The molecule has 0 bridgehead atoms. The van der Waals surface area contributed by atoms with Gasteiger partial charge in [-0.3, -0.25) is 19.2 Å². The second-order valence-electron chi connectivity index (χ2n) is 11.9. The van der Waals surface area contributed by atoms with Crippen molar-refractivity contribution in [3.05, 3.63) is 46.8 Å². The number of carbonyl (C=O) groups excluding carboxylic acids is 4. The van der Waals surface area contributed by atoms with E-state index in [-0.39, 0.29) is 61.3 Å². The summed E-state index contributed by atoms with van der Waals surface area (Å²) >= 11 is 0. The van der Waals surface area contributed by atoms with Crippen LogP contribution < -0.4 is 25.4 Å². The second kappa shape index (κ2) is 16.7. The Morgan fingerprint density at radius 1 is 1.06 bits per heavy atom. The summed E-state index contributed by atoms with van der Waals surface area (Å²) in [4.78, 5) is 59.3. The Balaban J connectivity index is 1.60. The van der Waals surface area contributed by atoms with Gasteiger partial charge in [0.2, 0.25) is 17.7 Å². The number of aryl methyl sites for hydroxylation is 1. The summed E-state index contributed by atoms with van der Waals surface area (Å²) in [6, 6.07) is 4.06. The number of hydrogen-bond donors (Lipinski definition) is 3. The number of hydrogen-bond acceptors (Lipinski definition) is 11. The highest BCUT2D eigenvalue weighted by molar-refractivity contribution is 5.93. The zero-order valence-electron chi connectivity index (χ0n) is 28.4. The number of fused-ring (bicyclic) bond motifs is 1. The summed E-state index contributed by atoms with van der Waals surface area (Å²) in [6.45, 7) is 7.92. The number of nitrogens with one attached hydrogen (secondary N) is 3. The topological polar surface area (TPSA) is 196 Å². The lowest BCUT2D eigenvalue weighted by molar-refractivity contribution is -0.130. The molecule has 260 valence electrons. The minimum Gasteiger partial charge on any atom is -0.493 e. The Bertz CT molecular complexity index is 1590. The first kappa shape index (κ1) is 35.8. The van der Waals surface area contributed by atoms with E-state index in [0.29, 0.717) is 61.1 Å². The Morgan fingerprint density at radius 3 is 2.50 bits per heavy atom. The summed E-state index contributed by atoms with van der Waals surface area (Å²) in [5.74, 6) is 0.438. The SMILES string of the molecule is CC[C@H](C)[C@@H]1NC(=O)CCCN(C(=O)c2nonc2C)CCCNC(=O)Cn2nc(Cc3ccc(OC)c(OC)c3)nc2[C@@H](C)NC1=O. The van der Waals surface area contributed by atoms with Crippen LogP contribution in [0.4, 0.5) is 0 Å². The summed E-state index contributed by atoms with van der Waals surface area (Å²) in [6.07, 6.45) is 1.88. The molecular formula is C32H45N9O7. The lowest BCUT2D eigenvalue weighted by atomic mass is 9.97. The van der Waals surface area contributed by atoms with E-state index < -0.39 is 12.1 Å². The summed E-state index contributed by atoms with van der Waals surface area (Å²) < 4.78 is 17.0. The van der Waals surface area contributed by atoms with Gasteiger partial charge in [-0.15, -0.1) is 0 Å². The Morgan fingerprint density at radius 2 is 1.81 bits per heavy atom. The van der Waals surface area contributed by atoms with Crippen molar-refractivity contribution in [3.8, 4) is 11.5 Å².